The molecule has 2 aromatic rings. The average molecular weight is 431 g/mol. The van der Waals surface area contributed by atoms with Crippen molar-refractivity contribution < 1.29 is 9.59 Å². The van der Waals surface area contributed by atoms with Gasteiger partial charge in [-0.05, 0) is 37.1 Å². The third-order valence-electron chi connectivity index (χ3n) is 4.50. The number of hydrogen-bond acceptors (Lipinski definition) is 4. The van der Waals surface area contributed by atoms with Gasteiger partial charge in [-0.3, -0.25) is 9.59 Å². The molecular weight excluding hydrogens is 408 g/mol. The molecule has 1 aliphatic heterocycles. The lowest BCUT2D eigenvalue weighted by Gasteiger charge is -2.24. The highest BCUT2D eigenvalue weighted by Gasteiger charge is 2.34. The highest BCUT2D eigenvalue weighted by Crippen LogP contribution is 2.23. The fourth-order valence-electron chi connectivity index (χ4n) is 3.05. The first-order valence-electron chi connectivity index (χ1n) is 8.95. The Labute approximate surface area is 167 Å². The molecule has 1 fully saturated rings. The van der Waals surface area contributed by atoms with E-state index in [1.165, 1.54) is 0 Å². The van der Waals surface area contributed by atoms with Gasteiger partial charge in [-0.2, -0.15) is 0 Å². The maximum Gasteiger partial charge on any atom is 0.254 e. The third kappa shape index (κ3) is 4.53. The van der Waals surface area contributed by atoms with Crippen LogP contribution in [0, 0.1) is 0 Å². The lowest BCUT2D eigenvalue weighted by molar-refractivity contribution is -0.119. The van der Waals surface area contributed by atoms with E-state index in [4.69, 9.17) is 0 Å². The van der Waals surface area contributed by atoms with Crippen LogP contribution in [0.4, 0.5) is 5.69 Å². The van der Waals surface area contributed by atoms with E-state index in [1.807, 2.05) is 32.9 Å². The summed E-state index contributed by atoms with van der Waals surface area (Å²) in [5.74, 6) is 0.387. The number of hydrogen-bond donors (Lipinski definition) is 1. The number of aromatic nitrogens is 2. The van der Waals surface area contributed by atoms with Gasteiger partial charge in [-0.25, -0.2) is 9.97 Å². The van der Waals surface area contributed by atoms with Crippen LogP contribution in [0.15, 0.2) is 41.1 Å². The van der Waals surface area contributed by atoms with Crippen molar-refractivity contribution in [3.05, 3.63) is 52.5 Å². The van der Waals surface area contributed by atoms with Crippen LogP contribution in [-0.4, -0.2) is 39.3 Å². The van der Waals surface area contributed by atoms with Gasteiger partial charge in [0.25, 0.3) is 5.91 Å². The van der Waals surface area contributed by atoms with Gasteiger partial charge in [0.2, 0.25) is 5.91 Å². The van der Waals surface area contributed by atoms with E-state index in [2.05, 4.69) is 31.2 Å². The van der Waals surface area contributed by atoms with Gasteiger partial charge >= 0.3 is 0 Å². The lowest BCUT2D eigenvalue weighted by Crippen LogP contribution is -2.43. The van der Waals surface area contributed by atoms with Crippen molar-refractivity contribution in [2.24, 2.45) is 0 Å². The third-order valence-corrected chi connectivity index (χ3v) is 5.03. The van der Waals surface area contributed by atoms with Gasteiger partial charge in [0.15, 0.2) is 0 Å². The molecule has 0 saturated carbocycles. The zero-order chi connectivity index (χ0) is 19.6. The Balaban J connectivity index is 1.70. The summed E-state index contributed by atoms with van der Waals surface area (Å²) in [5, 5.41) is 2.84. The minimum absolute atomic E-state index is 0.125. The number of rotatable bonds is 3. The van der Waals surface area contributed by atoms with E-state index in [0.29, 0.717) is 30.0 Å². The number of nitrogens with zero attached hydrogens (tertiary/aromatic N) is 3. The number of amides is 2. The minimum atomic E-state index is -0.483. The number of carbonyl (C=O) groups is 2. The highest BCUT2D eigenvalue weighted by atomic mass is 79.9. The van der Waals surface area contributed by atoms with Crippen molar-refractivity contribution in [2.45, 2.75) is 45.1 Å². The molecule has 1 aromatic heterocycles. The summed E-state index contributed by atoms with van der Waals surface area (Å²) in [4.78, 5) is 35.8. The maximum absolute atomic E-state index is 12.8. The molecule has 1 atom stereocenters. The van der Waals surface area contributed by atoms with E-state index in [1.54, 1.807) is 29.4 Å². The van der Waals surface area contributed by atoms with Crippen LogP contribution in [0.1, 0.15) is 49.8 Å². The molecule has 1 N–H and O–H groups in total. The molecule has 1 aromatic carbocycles. The Morgan fingerprint density at radius 2 is 1.78 bits per heavy atom. The second kappa shape index (κ2) is 7.76. The molecule has 3 rings (SSSR count). The fourth-order valence-corrected chi connectivity index (χ4v) is 3.31. The molecule has 0 aliphatic carbocycles. The molecule has 6 nitrogen and oxygen atoms in total. The Bertz CT molecular complexity index is 829. The molecule has 2 heterocycles. The minimum Gasteiger partial charge on any atom is -0.327 e. The van der Waals surface area contributed by atoms with Gasteiger partial charge in [0.05, 0.1) is 18.1 Å². The van der Waals surface area contributed by atoms with Crippen LogP contribution in [0.5, 0.6) is 0 Å². The van der Waals surface area contributed by atoms with Crippen LogP contribution in [0.25, 0.3) is 0 Å². The van der Waals surface area contributed by atoms with Crippen LogP contribution in [0.3, 0.4) is 0 Å². The molecule has 0 spiro atoms. The number of benzene rings is 1. The molecule has 7 heteroatoms. The molecule has 142 valence electrons. The Hall–Kier alpha value is -2.28. The van der Waals surface area contributed by atoms with E-state index in [-0.39, 0.29) is 17.2 Å². The van der Waals surface area contributed by atoms with Crippen molar-refractivity contribution in [3.63, 3.8) is 0 Å². The van der Waals surface area contributed by atoms with Crippen molar-refractivity contribution in [1.29, 1.82) is 0 Å². The van der Waals surface area contributed by atoms with E-state index >= 15 is 0 Å². The maximum atomic E-state index is 12.8. The summed E-state index contributed by atoms with van der Waals surface area (Å²) in [5.41, 5.74) is 0.966. The lowest BCUT2D eigenvalue weighted by atomic mass is 9.96. The molecule has 2 amide bonds. The van der Waals surface area contributed by atoms with Gasteiger partial charge in [-0.15, -0.1) is 0 Å². The molecule has 27 heavy (non-hydrogen) atoms. The average Bonchev–Trinajstić information content (AvgIpc) is 3.11. The second-order valence-electron chi connectivity index (χ2n) is 7.70. The molecule has 0 radical (unpaired) electrons. The summed E-state index contributed by atoms with van der Waals surface area (Å²) in [6, 6.07) is 6.69. The Morgan fingerprint density at radius 3 is 2.37 bits per heavy atom. The fraction of sp³-hybridized carbons (Fsp3) is 0.400. The van der Waals surface area contributed by atoms with Crippen molar-refractivity contribution in [3.8, 4) is 0 Å². The van der Waals surface area contributed by atoms with Crippen LogP contribution < -0.4 is 5.32 Å². The molecule has 1 unspecified atom stereocenters. The van der Waals surface area contributed by atoms with Crippen LogP contribution in [0.2, 0.25) is 0 Å². The van der Waals surface area contributed by atoms with Gasteiger partial charge in [0.1, 0.15) is 11.9 Å². The predicted octanol–water partition coefficient (Wildman–Crippen LogP) is 3.78. The van der Waals surface area contributed by atoms with Crippen molar-refractivity contribution in [2.75, 3.05) is 11.9 Å². The molecule has 1 aliphatic rings. The monoisotopic (exact) mass is 430 g/mol. The summed E-state index contributed by atoms with van der Waals surface area (Å²) in [6.45, 7) is 6.67. The summed E-state index contributed by atoms with van der Waals surface area (Å²) in [6.07, 6.45) is 4.68. The smallest absolute Gasteiger partial charge is 0.254 e. The molecular formula is C20H23BrN4O2. The topological polar surface area (TPSA) is 75.2 Å². The molecule has 0 bridgehead atoms. The Morgan fingerprint density at radius 1 is 1.15 bits per heavy atom. The number of carbonyl (C=O) groups excluding carboxylic acids is 2. The summed E-state index contributed by atoms with van der Waals surface area (Å²) < 4.78 is 0.911. The van der Waals surface area contributed by atoms with Gasteiger partial charge < -0.3 is 10.2 Å². The quantitative estimate of drug-likeness (QED) is 0.803. The van der Waals surface area contributed by atoms with Crippen molar-refractivity contribution in [1.82, 2.24) is 14.9 Å². The first-order valence-corrected chi connectivity index (χ1v) is 9.75. The zero-order valence-electron chi connectivity index (χ0n) is 15.7. The SMILES string of the molecule is CC(C)(C)c1ncc(NC(=O)C2CCCN2C(=O)c2ccc(Br)cc2)cn1. The zero-order valence-corrected chi connectivity index (χ0v) is 17.3. The van der Waals surface area contributed by atoms with Gasteiger partial charge in [0, 0.05) is 22.0 Å². The highest BCUT2D eigenvalue weighted by molar-refractivity contribution is 9.10. The van der Waals surface area contributed by atoms with Crippen LogP contribution >= 0.6 is 15.9 Å². The number of likely N-dealkylation sites (tertiary alicyclic amines) is 1. The standard InChI is InChI=1S/C20H23BrN4O2/c1-20(2,3)19-22-11-15(12-23-19)24-17(26)16-5-4-10-25(16)18(27)13-6-8-14(21)9-7-13/h6-9,11-12,16H,4-5,10H2,1-3H3,(H,24,26). The van der Waals surface area contributed by atoms with Gasteiger partial charge in [-0.1, -0.05) is 36.7 Å². The summed E-state index contributed by atoms with van der Waals surface area (Å²) in [7, 11) is 0. The first-order chi connectivity index (χ1) is 12.8. The second-order valence-corrected chi connectivity index (χ2v) is 8.61. The normalized spacial score (nSPS) is 17.0. The Kier molecular flexibility index (Phi) is 5.60. The predicted molar refractivity (Wildman–Crippen MR) is 108 cm³/mol. The molecule has 1 saturated heterocycles. The van der Waals surface area contributed by atoms with E-state index in [9.17, 15) is 9.59 Å². The first kappa shape index (κ1) is 19.5. The largest absolute Gasteiger partial charge is 0.327 e. The van der Waals surface area contributed by atoms with Crippen molar-refractivity contribution >= 4 is 33.4 Å². The number of nitrogens with one attached hydrogen (secondary N) is 1. The summed E-state index contributed by atoms with van der Waals surface area (Å²) >= 11 is 3.37. The number of halogens is 1. The van der Waals surface area contributed by atoms with E-state index < -0.39 is 6.04 Å². The number of anilines is 1. The van der Waals surface area contributed by atoms with Crippen LogP contribution in [-0.2, 0) is 10.2 Å². The van der Waals surface area contributed by atoms with E-state index in [0.717, 1.165) is 10.9 Å².